The van der Waals surface area contributed by atoms with Gasteiger partial charge in [-0.25, -0.2) is 14.4 Å². The van der Waals surface area contributed by atoms with Crippen LogP contribution in [-0.2, 0) is 9.47 Å². The van der Waals surface area contributed by atoms with Gasteiger partial charge in [-0.2, -0.15) is 0 Å². The van der Waals surface area contributed by atoms with Crippen LogP contribution in [0.3, 0.4) is 0 Å². The molecule has 0 aliphatic heterocycles. The van der Waals surface area contributed by atoms with Crippen LogP contribution in [0.1, 0.15) is 6.92 Å². The van der Waals surface area contributed by atoms with Crippen molar-refractivity contribution in [3.63, 3.8) is 0 Å². The molecule has 0 radical (unpaired) electrons. The Bertz CT molecular complexity index is 429. The molecule has 0 spiro atoms. The van der Waals surface area contributed by atoms with Gasteiger partial charge >= 0.3 is 0 Å². The maximum atomic E-state index is 12.6. The third-order valence-electron chi connectivity index (χ3n) is 2.04. The molecule has 0 bridgehead atoms. The first kappa shape index (κ1) is 14.1. The lowest BCUT2D eigenvalue weighted by Gasteiger charge is -2.06. The van der Waals surface area contributed by atoms with Crippen molar-refractivity contribution in [3.8, 4) is 0 Å². The van der Waals surface area contributed by atoms with Gasteiger partial charge in [-0.1, -0.05) is 0 Å². The van der Waals surface area contributed by atoms with E-state index in [1.54, 1.807) is 14.0 Å². The molecule has 1 rings (SSSR count). The fourth-order valence-electron chi connectivity index (χ4n) is 1.02. The number of ether oxygens (including phenoxy) is 2. The topological polar surface area (TPSA) is 69.7 Å². The second-order valence-corrected chi connectivity index (χ2v) is 3.48. The summed E-state index contributed by atoms with van der Waals surface area (Å²) in [4.78, 5) is 7.83. The van der Waals surface area contributed by atoms with E-state index in [2.05, 4.69) is 9.98 Å². The zero-order valence-electron chi connectivity index (χ0n) is 10.4. The van der Waals surface area contributed by atoms with Gasteiger partial charge < -0.3 is 15.2 Å². The molecule has 0 saturated carbocycles. The minimum atomic E-state index is -0.399. The fourth-order valence-corrected chi connectivity index (χ4v) is 1.02. The number of rotatable bonds is 6. The first-order chi connectivity index (χ1) is 8.63. The summed E-state index contributed by atoms with van der Waals surface area (Å²) in [7, 11) is 1.58. The van der Waals surface area contributed by atoms with Crippen LogP contribution in [0.4, 0.5) is 10.2 Å². The number of aromatic nitrogens is 1. The summed E-state index contributed by atoms with van der Waals surface area (Å²) in [6, 6.07) is 2.76. The van der Waals surface area contributed by atoms with Crippen LogP contribution < -0.4 is 5.73 Å². The second-order valence-electron chi connectivity index (χ2n) is 3.48. The van der Waals surface area contributed by atoms with Gasteiger partial charge in [-0.3, -0.25) is 0 Å². The molecule has 1 heterocycles. The van der Waals surface area contributed by atoms with Crippen molar-refractivity contribution in [2.24, 2.45) is 10.7 Å². The lowest BCUT2D eigenvalue weighted by Crippen LogP contribution is -2.10. The highest BCUT2D eigenvalue weighted by atomic mass is 19.1. The molecule has 18 heavy (non-hydrogen) atoms. The van der Waals surface area contributed by atoms with E-state index in [9.17, 15) is 4.39 Å². The van der Waals surface area contributed by atoms with Crippen LogP contribution in [0, 0.1) is 5.82 Å². The maximum absolute atomic E-state index is 12.6. The predicted molar refractivity (Wildman–Crippen MR) is 67.1 cm³/mol. The molecule has 1 aromatic heterocycles. The van der Waals surface area contributed by atoms with Gasteiger partial charge in [0.15, 0.2) is 11.7 Å². The monoisotopic (exact) mass is 253 g/mol. The second kappa shape index (κ2) is 7.39. The lowest BCUT2D eigenvalue weighted by molar-refractivity contribution is 0.108. The van der Waals surface area contributed by atoms with Crippen molar-refractivity contribution in [3.05, 3.63) is 35.6 Å². The SMILES string of the molecule is COCCOC(N)=C(C)C=Nc1ccc(F)cn1. The number of hydrogen-bond donors (Lipinski definition) is 1. The summed E-state index contributed by atoms with van der Waals surface area (Å²) >= 11 is 0. The third-order valence-corrected chi connectivity index (χ3v) is 2.04. The average Bonchev–Trinajstić information content (AvgIpc) is 2.38. The van der Waals surface area contributed by atoms with Crippen molar-refractivity contribution in [1.29, 1.82) is 0 Å². The zero-order chi connectivity index (χ0) is 13.4. The highest BCUT2D eigenvalue weighted by Gasteiger charge is 1.97. The molecule has 0 aromatic carbocycles. The highest BCUT2D eigenvalue weighted by molar-refractivity contribution is 5.80. The Balaban J connectivity index is 2.59. The zero-order valence-corrected chi connectivity index (χ0v) is 10.4. The minimum Gasteiger partial charge on any atom is -0.477 e. The maximum Gasteiger partial charge on any atom is 0.188 e. The Labute approximate surface area is 105 Å². The molecule has 2 N–H and O–H groups in total. The summed E-state index contributed by atoms with van der Waals surface area (Å²) in [6.45, 7) is 2.60. The number of nitrogens with zero attached hydrogens (tertiary/aromatic N) is 2. The molecule has 98 valence electrons. The van der Waals surface area contributed by atoms with Gasteiger partial charge in [0.05, 0.1) is 12.8 Å². The normalized spacial score (nSPS) is 12.6. The van der Waals surface area contributed by atoms with Crippen LogP contribution in [0.2, 0.25) is 0 Å². The Hall–Kier alpha value is -1.95. The third kappa shape index (κ3) is 4.92. The molecular formula is C12H16FN3O2. The fraction of sp³-hybridized carbons (Fsp3) is 0.333. The number of nitrogens with two attached hydrogens (primary N) is 1. The molecule has 0 unspecified atom stereocenters. The summed E-state index contributed by atoms with van der Waals surface area (Å²) in [6.07, 6.45) is 2.62. The van der Waals surface area contributed by atoms with Crippen LogP contribution in [-0.4, -0.2) is 31.5 Å². The number of hydrogen-bond acceptors (Lipinski definition) is 5. The first-order valence-electron chi connectivity index (χ1n) is 5.37. The Morgan fingerprint density at radius 1 is 1.50 bits per heavy atom. The summed E-state index contributed by atoms with van der Waals surface area (Å²) < 4.78 is 22.7. The number of pyridine rings is 1. The van der Waals surface area contributed by atoms with Crippen LogP contribution in [0.15, 0.2) is 34.8 Å². The first-order valence-corrected chi connectivity index (χ1v) is 5.37. The summed E-state index contributed by atoms with van der Waals surface area (Å²) in [5.41, 5.74) is 6.34. The summed E-state index contributed by atoms with van der Waals surface area (Å²) in [5, 5.41) is 0. The molecule has 5 nitrogen and oxygen atoms in total. The van der Waals surface area contributed by atoms with Crippen LogP contribution in [0.5, 0.6) is 0 Å². The van der Waals surface area contributed by atoms with E-state index in [1.807, 2.05) is 0 Å². The molecule has 6 heteroatoms. The minimum absolute atomic E-state index is 0.276. The standard InChI is InChI=1S/C12H16FN3O2/c1-9(12(14)18-6-5-17-2)7-15-11-4-3-10(13)8-16-11/h3-4,7-8H,5-6,14H2,1-2H3. The smallest absolute Gasteiger partial charge is 0.188 e. The molecule has 0 fully saturated rings. The quantitative estimate of drug-likeness (QED) is 0.476. The number of aliphatic imine (C=N–C) groups is 1. The predicted octanol–water partition coefficient (Wildman–Crippen LogP) is 1.78. The highest BCUT2D eigenvalue weighted by Crippen LogP contribution is 2.08. The lowest BCUT2D eigenvalue weighted by atomic mass is 10.3. The van der Waals surface area contributed by atoms with Gasteiger partial charge in [0.1, 0.15) is 12.4 Å². The van der Waals surface area contributed by atoms with Crippen molar-refractivity contribution in [2.75, 3.05) is 20.3 Å². The van der Waals surface area contributed by atoms with Crippen molar-refractivity contribution in [1.82, 2.24) is 4.98 Å². The van der Waals surface area contributed by atoms with Crippen molar-refractivity contribution < 1.29 is 13.9 Å². The Kier molecular flexibility index (Phi) is 5.79. The van der Waals surface area contributed by atoms with Gasteiger partial charge in [0.25, 0.3) is 0 Å². The van der Waals surface area contributed by atoms with E-state index in [0.717, 1.165) is 6.20 Å². The van der Waals surface area contributed by atoms with Crippen molar-refractivity contribution >= 4 is 12.0 Å². The number of methoxy groups -OCH3 is 1. The molecule has 1 aromatic rings. The van der Waals surface area contributed by atoms with E-state index < -0.39 is 5.82 Å². The largest absolute Gasteiger partial charge is 0.477 e. The molecule has 0 atom stereocenters. The molecular weight excluding hydrogens is 237 g/mol. The summed E-state index contributed by atoms with van der Waals surface area (Å²) in [5.74, 6) is 0.280. The van der Waals surface area contributed by atoms with Crippen LogP contribution >= 0.6 is 0 Å². The molecule has 0 aliphatic carbocycles. The number of allylic oxidation sites excluding steroid dienone is 1. The number of halogens is 1. The van der Waals surface area contributed by atoms with Gasteiger partial charge in [-0.05, 0) is 19.1 Å². The average molecular weight is 253 g/mol. The van der Waals surface area contributed by atoms with Crippen LogP contribution in [0.25, 0.3) is 0 Å². The molecule has 0 amide bonds. The van der Waals surface area contributed by atoms with E-state index >= 15 is 0 Å². The Morgan fingerprint density at radius 3 is 2.89 bits per heavy atom. The van der Waals surface area contributed by atoms with E-state index in [0.29, 0.717) is 24.6 Å². The Morgan fingerprint density at radius 2 is 2.28 bits per heavy atom. The van der Waals surface area contributed by atoms with E-state index in [-0.39, 0.29) is 5.88 Å². The van der Waals surface area contributed by atoms with Gasteiger partial charge in [-0.15, -0.1) is 0 Å². The van der Waals surface area contributed by atoms with E-state index in [4.69, 9.17) is 15.2 Å². The molecule has 0 aliphatic rings. The van der Waals surface area contributed by atoms with Gasteiger partial charge in [0, 0.05) is 18.9 Å². The molecule has 0 saturated heterocycles. The van der Waals surface area contributed by atoms with E-state index in [1.165, 1.54) is 18.3 Å². The van der Waals surface area contributed by atoms with Crippen molar-refractivity contribution in [2.45, 2.75) is 6.92 Å². The van der Waals surface area contributed by atoms with Gasteiger partial charge in [0.2, 0.25) is 0 Å².